The molecule has 3 rings (SSSR count). The lowest BCUT2D eigenvalue weighted by atomic mass is 10.0. The highest BCUT2D eigenvalue weighted by molar-refractivity contribution is 7.89. The van der Waals surface area contributed by atoms with E-state index in [1.54, 1.807) is 20.1 Å². The molecule has 2 N–H and O–H groups in total. The average molecular weight is 457 g/mol. The van der Waals surface area contributed by atoms with Crippen LogP contribution in [0.1, 0.15) is 24.1 Å². The molecule has 0 heterocycles. The summed E-state index contributed by atoms with van der Waals surface area (Å²) in [5.41, 5.74) is 1.56. The summed E-state index contributed by atoms with van der Waals surface area (Å²) in [5, 5.41) is 2.87. The molecule has 0 aliphatic carbocycles. The van der Waals surface area contributed by atoms with Crippen LogP contribution < -0.4 is 14.8 Å². The Balaban J connectivity index is 1.85. The number of carbonyl (C=O) groups excluding carboxylic acids is 1. The summed E-state index contributed by atoms with van der Waals surface area (Å²) in [5.74, 6) is -0.419. The van der Waals surface area contributed by atoms with E-state index in [0.717, 1.165) is 35.4 Å². The van der Waals surface area contributed by atoms with Crippen LogP contribution in [0.5, 0.6) is 5.75 Å². The summed E-state index contributed by atoms with van der Waals surface area (Å²) in [4.78, 5) is 13.0. The Morgan fingerprint density at radius 1 is 0.969 bits per heavy atom. The average Bonchev–Trinajstić information content (AvgIpc) is 2.79. The van der Waals surface area contributed by atoms with Crippen molar-refractivity contribution in [1.29, 1.82) is 0 Å². The molecule has 168 valence electrons. The Bertz CT molecular complexity index is 1150. The maximum atomic E-state index is 13.2. The standard InChI is InChI=1S/C24H25FN2O4S/c1-17(21-10-6-7-11-23(21)31-2)26-24(28)22(16-18-8-4-3-5-9-18)27-32(29,30)20-14-12-19(25)13-15-20/h3-15,17,22,27H,16H2,1-2H3,(H,26,28)/t17-,22-/m1/s1. The summed E-state index contributed by atoms with van der Waals surface area (Å²) in [6.45, 7) is 1.80. The fraction of sp³-hybridized carbons (Fsp3) is 0.208. The number of rotatable bonds is 9. The predicted octanol–water partition coefficient (Wildman–Crippen LogP) is 3.60. The summed E-state index contributed by atoms with van der Waals surface area (Å²) >= 11 is 0. The Morgan fingerprint density at radius 2 is 1.59 bits per heavy atom. The number of methoxy groups -OCH3 is 1. The minimum absolute atomic E-state index is 0.123. The molecule has 3 aromatic rings. The van der Waals surface area contributed by atoms with Gasteiger partial charge in [0.25, 0.3) is 0 Å². The van der Waals surface area contributed by atoms with E-state index in [1.165, 1.54) is 0 Å². The van der Waals surface area contributed by atoms with Crippen molar-refractivity contribution >= 4 is 15.9 Å². The third-order valence-corrected chi connectivity index (χ3v) is 6.47. The van der Waals surface area contributed by atoms with Crippen LogP contribution in [0.3, 0.4) is 0 Å². The van der Waals surface area contributed by atoms with E-state index in [-0.39, 0.29) is 11.3 Å². The zero-order valence-corrected chi connectivity index (χ0v) is 18.6. The van der Waals surface area contributed by atoms with Crippen LogP contribution >= 0.6 is 0 Å². The van der Waals surface area contributed by atoms with Gasteiger partial charge in [-0.3, -0.25) is 4.79 Å². The zero-order valence-electron chi connectivity index (χ0n) is 17.8. The van der Waals surface area contributed by atoms with E-state index in [9.17, 15) is 17.6 Å². The van der Waals surface area contributed by atoms with Crippen molar-refractivity contribution in [3.63, 3.8) is 0 Å². The van der Waals surface area contributed by atoms with Crippen LogP contribution in [0.25, 0.3) is 0 Å². The number of sulfonamides is 1. The molecule has 8 heteroatoms. The molecule has 0 aliphatic rings. The number of nitrogens with one attached hydrogen (secondary N) is 2. The van der Waals surface area contributed by atoms with Gasteiger partial charge < -0.3 is 10.1 Å². The molecule has 6 nitrogen and oxygen atoms in total. The largest absolute Gasteiger partial charge is 0.496 e. The molecule has 32 heavy (non-hydrogen) atoms. The quantitative estimate of drug-likeness (QED) is 0.515. The first-order valence-corrected chi connectivity index (χ1v) is 11.5. The van der Waals surface area contributed by atoms with Crippen molar-refractivity contribution in [3.8, 4) is 5.75 Å². The van der Waals surface area contributed by atoms with Gasteiger partial charge in [0.05, 0.1) is 18.0 Å². The first-order chi connectivity index (χ1) is 15.3. The lowest BCUT2D eigenvalue weighted by Gasteiger charge is -2.23. The Kier molecular flexibility index (Phi) is 7.61. The number of hydrogen-bond acceptors (Lipinski definition) is 4. The van der Waals surface area contributed by atoms with Crippen LogP contribution in [0.15, 0.2) is 83.8 Å². The summed E-state index contributed by atoms with van der Waals surface area (Å²) in [6.07, 6.45) is 0.145. The van der Waals surface area contributed by atoms with Crippen molar-refractivity contribution in [2.24, 2.45) is 0 Å². The molecule has 0 unspecified atom stereocenters. The fourth-order valence-electron chi connectivity index (χ4n) is 3.32. The third kappa shape index (κ3) is 5.93. The molecule has 0 fully saturated rings. The minimum Gasteiger partial charge on any atom is -0.496 e. The summed E-state index contributed by atoms with van der Waals surface area (Å²) in [6, 6.07) is 19.3. The second-order valence-corrected chi connectivity index (χ2v) is 9.00. The normalized spacial score (nSPS) is 13.2. The van der Waals surface area contributed by atoms with E-state index in [2.05, 4.69) is 10.0 Å². The fourth-order valence-corrected chi connectivity index (χ4v) is 4.52. The van der Waals surface area contributed by atoms with Gasteiger partial charge in [0.2, 0.25) is 15.9 Å². The second-order valence-electron chi connectivity index (χ2n) is 7.29. The van der Waals surface area contributed by atoms with Gasteiger partial charge in [-0.15, -0.1) is 0 Å². The van der Waals surface area contributed by atoms with Gasteiger partial charge in [-0.05, 0) is 49.2 Å². The van der Waals surface area contributed by atoms with Crippen LogP contribution in [-0.2, 0) is 21.2 Å². The summed E-state index contributed by atoms with van der Waals surface area (Å²) < 4.78 is 46.8. The van der Waals surface area contributed by atoms with Gasteiger partial charge in [0.15, 0.2) is 0 Å². The van der Waals surface area contributed by atoms with E-state index >= 15 is 0 Å². The van der Waals surface area contributed by atoms with Gasteiger partial charge in [0.1, 0.15) is 17.6 Å². The zero-order chi connectivity index (χ0) is 23.1. The maximum Gasteiger partial charge on any atom is 0.241 e. The van der Waals surface area contributed by atoms with E-state index in [1.807, 2.05) is 48.5 Å². The predicted molar refractivity (Wildman–Crippen MR) is 120 cm³/mol. The molecule has 0 spiro atoms. The van der Waals surface area contributed by atoms with Crippen LogP contribution in [0.4, 0.5) is 4.39 Å². The highest BCUT2D eigenvalue weighted by Gasteiger charge is 2.27. The van der Waals surface area contributed by atoms with Gasteiger partial charge in [-0.1, -0.05) is 48.5 Å². The molecule has 0 radical (unpaired) electrons. The molecule has 1 amide bonds. The molecule has 0 saturated carbocycles. The van der Waals surface area contributed by atoms with Crippen molar-refractivity contribution < 1.29 is 22.3 Å². The summed E-state index contributed by atoms with van der Waals surface area (Å²) in [7, 11) is -2.51. The van der Waals surface area contributed by atoms with Crippen LogP contribution in [0, 0.1) is 5.82 Å². The molecule has 0 aliphatic heterocycles. The number of ether oxygens (including phenoxy) is 1. The Morgan fingerprint density at radius 3 is 2.25 bits per heavy atom. The minimum atomic E-state index is -4.06. The van der Waals surface area contributed by atoms with E-state index in [4.69, 9.17) is 4.74 Å². The molecular formula is C24H25FN2O4S. The highest BCUT2D eigenvalue weighted by atomic mass is 32.2. The van der Waals surface area contributed by atoms with Gasteiger partial charge in [-0.25, -0.2) is 12.8 Å². The number of benzene rings is 3. The van der Waals surface area contributed by atoms with Crippen molar-refractivity contribution in [2.75, 3.05) is 7.11 Å². The number of amides is 1. The van der Waals surface area contributed by atoms with Gasteiger partial charge >= 0.3 is 0 Å². The van der Waals surface area contributed by atoms with Crippen molar-refractivity contribution in [1.82, 2.24) is 10.0 Å². The molecule has 0 bridgehead atoms. The lowest BCUT2D eigenvalue weighted by molar-refractivity contribution is -0.123. The molecule has 0 aromatic heterocycles. The Hall–Kier alpha value is -3.23. The number of hydrogen-bond donors (Lipinski definition) is 2. The molecular weight excluding hydrogens is 431 g/mol. The Labute approximate surface area is 187 Å². The number of para-hydroxylation sites is 1. The van der Waals surface area contributed by atoms with Crippen molar-refractivity contribution in [3.05, 3.63) is 95.8 Å². The SMILES string of the molecule is COc1ccccc1[C@@H](C)NC(=O)[C@@H](Cc1ccccc1)NS(=O)(=O)c1ccc(F)cc1. The number of carbonyl (C=O) groups is 1. The molecule has 2 atom stereocenters. The van der Waals surface area contributed by atoms with E-state index < -0.39 is 33.8 Å². The van der Waals surface area contributed by atoms with Crippen LogP contribution in [0.2, 0.25) is 0 Å². The lowest BCUT2D eigenvalue weighted by Crippen LogP contribution is -2.48. The smallest absolute Gasteiger partial charge is 0.241 e. The molecule has 3 aromatic carbocycles. The van der Waals surface area contributed by atoms with Gasteiger partial charge in [0, 0.05) is 5.56 Å². The third-order valence-electron chi connectivity index (χ3n) is 4.98. The van der Waals surface area contributed by atoms with Crippen molar-refractivity contribution in [2.45, 2.75) is 30.3 Å². The first kappa shape index (κ1) is 23.4. The second kappa shape index (κ2) is 10.4. The topological polar surface area (TPSA) is 84.5 Å². The monoisotopic (exact) mass is 456 g/mol. The number of halogens is 1. The van der Waals surface area contributed by atoms with Gasteiger partial charge in [-0.2, -0.15) is 4.72 Å². The first-order valence-electron chi connectivity index (χ1n) is 10.1. The van der Waals surface area contributed by atoms with Crippen LogP contribution in [-0.4, -0.2) is 27.5 Å². The van der Waals surface area contributed by atoms with E-state index in [0.29, 0.717) is 5.75 Å². The highest BCUT2D eigenvalue weighted by Crippen LogP contribution is 2.24. The maximum absolute atomic E-state index is 13.2. The molecule has 0 saturated heterocycles.